The van der Waals surface area contributed by atoms with Crippen LogP contribution in [0.4, 0.5) is 4.39 Å². The smallest absolute Gasteiger partial charge is 0.224 e. The van der Waals surface area contributed by atoms with E-state index in [9.17, 15) is 9.18 Å². The summed E-state index contributed by atoms with van der Waals surface area (Å²) in [7, 11) is 0. The van der Waals surface area contributed by atoms with Crippen LogP contribution in [0.5, 0.6) is 5.75 Å². The van der Waals surface area contributed by atoms with E-state index in [2.05, 4.69) is 17.4 Å². The van der Waals surface area contributed by atoms with Gasteiger partial charge in [-0.25, -0.2) is 4.39 Å². The third kappa shape index (κ3) is 3.88. The normalized spacial score (nSPS) is 18.9. The highest BCUT2D eigenvalue weighted by atomic mass is 19.1. The number of halogens is 1. The largest absolute Gasteiger partial charge is 0.493 e. The number of fused-ring (bicyclic) bond motifs is 1. The minimum Gasteiger partial charge on any atom is -0.493 e. The lowest BCUT2D eigenvalue weighted by atomic mass is 10.1. The van der Waals surface area contributed by atoms with E-state index in [1.807, 2.05) is 11.0 Å². The fourth-order valence-electron chi connectivity index (χ4n) is 3.65. The predicted octanol–water partition coefficient (Wildman–Crippen LogP) is 2.69. The van der Waals surface area contributed by atoms with Crippen LogP contribution < -0.4 is 10.1 Å². The first-order chi connectivity index (χ1) is 12.7. The number of carbonyl (C=O) groups excluding carboxylic acids is 1. The topological polar surface area (TPSA) is 41.6 Å². The maximum atomic E-state index is 13.0. The Bertz CT molecular complexity index is 791. The van der Waals surface area contributed by atoms with Gasteiger partial charge in [-0.15, -0.1) is 0 Å². The lowest BCUT2D eigenvalue weighted by molar-refractivity contribution is -0.127. The Hall–Kier alpha value is -2.40. The Labute approximate surface area is 153 Å². The summed E-state index contributed by atoms with van der Waals surface area (Å²) in [4.78, 5) is 14.1. The van der Waals surface area contributed by atoms with Gasteiger partial charge in [0.2, 0.25) is 5.91 Å². The molecule has 0 bridgehead atoms. The van der Waals surface area contributed by atoms with Crippen LogP contribution in [-0.4, -0.2) is 36.5 Å². The molecule has 5 heteroatoms. The van der Waals surface area contributed by atoms with E-state index in [1.165, 1.54) is 23.3 Å². The molecule has 2 aromatic carbocycles. The second-order valence-electron chi connectivity index (χ2n) is 7.04. The lowest BCUT2D eigenvalue weighted by Gasteiger charge is -2.17. The maximum Gasteiger partial charge on any atom is 0.224 e. The van der Waals surface area contributed by atoms with Gasteiger partial charge in [-0.3, -0.25) is 4.79 Å². The average Bonchev–Trinajstić information content (AvgIpc) is 3.25. The molecule has 1 unspecified atom stereocenters. The second kappa shape index (κ2) is 7.46. The molecule has 1 N–H and O–H groups in total. The zero-order valence-corrected chi connectivity index (χ0v) is 14.7. The van der Waals surface area contributed by atoms with Crippen molar-refractivity contribution >= 4 is 5.91 Å². The summed E-state index contributed by atoms with van der Waals surface area (Å²) in [6.45, 7) is 2.94. The number of nitrogens with one attached hydrogen (secondary N) is 1. The fourth-order valence-corrected chi connectivity index (χ4v) is 3.65. The van der Waals surface area contributed by atoms with Gasteiger partial charge in [0.1, 0.15) is 11.6 Å². The number of amides is 1. The predicted molar refractivity (Wildman–Crippen MR) is 97.6 cm³/mol. The molecule has 0 aromatic heterocycles. The highest BCUT2D eigenvalue weighted by Gasteiger charge is 2.28. The van der Waals surface area contributed by atoms with Gasteiger partial charge < -0.3 is 15.0 Å². The summed E-state index contributed by atoms with van der Waals surface area (Å²) in [5.41, 5.74) is 3.55. The molecule has 0 spiro atoms. The Morgan fingerprint density at radius 2 is 1.96 bits per heavy atom. The standard InChI is InChI=1S/C21H23FN2O2/c22-18-4-1-15(2-5-18)7-9-24-14-19(12-21(24)25)23-13-16-3-6-20-17(11-16)8-10-26-20/h1-6,11,19,23H,7-10,12-14H2. The van der Waals surface area contributed by atoms with Crippen LogP contribution in [0.25, 0.3) is 0 Å². The highest BCUT2D eigenvalue weighted by molar-refractivity contribution is 5.79. The molecule has 2 aliphatic heterocycles. The quantitative estimate of drug-likeness (QED) is 0.867. The number of nitrogens with zero attached hydrogens (tertiary/aromatic N) is 1. The van der Waals surface area contributed by atoms with Crippen molar-refractivity contribution in [3.63, 3.8) is 0 Å². The van der Waals surface area contributed by atoms with Gasteiger partial charge in [0.15, 0.2) is 0 Å². The Balaban J connectivity index is 1.27. The summed E-state index contributed by atoms with van der Waals surface area (Å²) in [5, 5.41) is 3.50. The van der Waals surface area contributed by atoms with Crippen LogP contribution >= 0.6 is 0 Å². The summed E-state index contributed by atoms with van der Waals surface area (Å²) in [6, 6.07) is 13.0. The summed E-state index contributed by atoms with van der Waals surface area (Å²) >= 11 is 0. The molecule has 2 aliphatic rings. The zero-order valence-electron chi connectivity index (χ0n) is 14.7. The minimum atomic E-state index is -0.228. The lowest BCUT2D eigenvalue weighted by Crippen LogP contribution is -2.33. The van der Waals surface area contributed by atoms with Crippen LogP contribution in [0.1, 0.15) is 23.1 Å². The molecule has 26 heavy (non-hydrogen) atoms. The second-order valence-corrected chi connectivity index (χ2v) is 7.04. The molecule has 136 valence electrons. The molecule has 0 aliphatic carbocycles. The minimum absolute atomic E-state index is 0.181. The van der Waals surface area contributed by atoms with Crippen LogP contribution in [0.2, 0.25) is 0 Å². The molecule has 2 aromatic rings. The average molecular weight is 354 g/mol. The molecule has 0 saturated carbocycles. The SMILES string of the molecule is O=C1CC(NCc2ccc3c(c2)CCO3)CN1CCc1ccc(F)cc1. The monoisotopic (exact) mass is 354 g/mol. The van der Waals surface area contributed by atoms with E-state index >= 15 is 0 Å². The Morgan fingerprint density at radius 3 is 2.81 bits per heavy atom. The van der Waals surface area contributed by atoms with Crippen molar-refractivity contribution in [3.8, 4) is 5.75 Å². The molecule has 1 atom stereocenters. The Kier molecular flexibility index (Phi) is 4.89. The van der Waals surface area contributed by atoms with Gasteiger partial charge in [0.25, 0.3) is 0 Å². The van der Waals surface area contributed by atoms with E-state index < -0.39 is 0 Å². The van der Waals surface area contributed by atoms with Crippen LogP contribution in [0.15, 0.2) is 42.5 Å². The number of rotatable bonds is 6. The molecule has 1 saturated heterocycles. The Morgan fingerprint density at radius 1 is 1.15 bits per heavy atom. The summed E-state index contributed by atoms with van der Waals surface area (Å²) in [6.07, 6.45) is 2.27. The van der Waals surface area contributed by atoms with Crippen molar-refractivity contribution in [2.24, 2.45) is 0 Å². The van der Waals surface area contributed by atoms with Gasteiger partial charge in [-0.05, 0) is 41.3 Å². The van der Waals surface area contributed by atoms with E-state index in [4.69, 9.17) is 4.74 Å². The molecule has 1 fully saturated rings. The van der Waals surface area contributed by atoms with Crippen LogP contribution in [-0.2, 0) is 24.2 Å². The van der Waals surface area contributed by atoms with Crippen molar-refractivity contribution in [1.29, 1.82) is 0 Å². The molecule has 1 amide bonds. The van der Waals surface area contributed by atoms with Crippen molar-refractivity contribution in [1.82, 2.24) is 10.2 Å². The van der Waals surface area contributed by atoms with E-state index in [1.54, 1.807) is 12.1 Å². The first-order valence-corrected chi connectivity index (χ1v) is 9.17. The van der Waals surface area contributed by atoms with Gasteiger partial charge >= 0.3 is 0 Å². The van der Waals surface area contributed by atoms with E-state index in [-0.39, 0.29) is 17.8 Å². The molecule has 2 heterocycles. The molecule has 4 nitrogen and oxygen atoms in total. The highest BCUT2D eigenvalue weighted by Crippen LogP contribution is 2.26. The van der Waals surface area contributed by atoms with E-state index in [0.29, 0.717) is 13.0 Å². The van der Waals surface area contributed by atoms with Crippen molar-refractivity contribution in [2.75, 3.05) is 19.7 Å². The number of likely N-dealkylation sites (tertiary alicyclic amines) is 1. The van der Waals surface area contributed by atoms with Gasteiger partial charge in [-0.1, -0.05) is 24.3 Å². The third-order valence-electron chi connectivity index (χ3n) is 5.15. The van der Waals surface area contributed by atoms with Crippen molar-refractivity contribution in [3.05, 3.63) is 65.0 Å². The number of ether oxygens (including phenoxy) is 1. The maximum absolute atomic E-state index is 13.0. The number of carbonyl (C=O) groups is 1. The first kappa shape index (κ1) is 17.0. The molecular formula is C21H23FN2O2. The van der Waals surface area contributed by atoms with Crippen LogP contribution in [0, 0.1) is 5.82 Å². The van der Waals surface area contributed by atoms with Gasteiger partial charge in [0.05, 0.1) is 6.61 Å². The van der Waals surface area contributed by atoms with Crippen molar-refractivity contribution < 1.29 is 13.9 Å². The van der Waals surface area contributed by atoms with Crippen molar-refractivity contribution in [2.45, 2.75) is 31.8 Å². The van der Waals surface area contributed by atoms with Gasteiger partial charge in [-0.2, -0.15) is 0 Å². The van der Waals surface area contributed by atoms with E-state index in [0.717, 1.165) is 43.9 Å². The zero-order chi connectivity index (χ0) is 17.9. The first-order valence-electron chi connectivity index (χ1n) is 9.17. The molecular weight excluding hydrogens is 331 g/mol. The number of hydrogen-bond donors (Lipinski definition) is 1. The molecule has 0 radical (unpaired) electrons. The number of benzene rings is 2. The number of hydrogen-bond acceptors (Lipinski definition) is 3. The van der Waals surface area contributed by atoms with Gasteiger partial charge in [0, 0.05) is 38.5 Å². The summed E-state index contributed by atoms with van der Waals surface area (Å²) in [5.74, 6) is 0.956. The van der Waals surface area contributed by atoms with Crippen LogP contribution in [0.3, 0.4) is 0 Å². The fraction of sp³-hybridized carbons (Fsp3) is 0.381. The third-order valence-corrected chi connectivity index (χ3v) is 5.15. The summed E-state index contributed by atoms with van der Waals surface area (Å²) < 4.78 is 18.5. The molecule has 4 rings (SSSR count).